The lowest BCUT2D eigenvalue weighted by atomic mass is 9.44. The zero-order valence-electron chi connectivity index (χ0n) is 26.8. The van der Waals surface area contributed by atoms with Crippen molar-refractivity contribution in [2.45, 2.75) is 76.9 Å². The molecule has 5 rings (SSSR count). The molecule has 3 aliphatic rings. The third kappa shape index (κ3) is 5.96. The first-order chi connectivity index (χ1) is 21.7. The van der Waals surface area contributed by atoms with Gasteiger partial charge in [0.2, 0.25) is 0 Å². The lowest BCUT2D eigenvalue weighted by Gasteiger charge is -2.61. The molecule has 3 saturated carbocycles. The van der Waals surface area contributed by atoms with Crippen LogP contribution < -0.4 is 10.8 Å². The van der Waals surface area contributed by atoms with E-state index in [9.17, 15) is 33.9 Å². The van der Waals surface area contributed by atoms with Crippen molar-refractivity contribution in [2.75, 3.05) is 11.1 Å². The van der Waals surface area contributed by atoms with E-state index in [4.69, 9.17) is 4.74 Å². The monoisotopic (exact) mass is 651 g/mol. The molecule has 3 aliphatic carbocycles. The number of halogens is 1. The molecule has 46 heavy (non-hydrogen) atoms. The number of Topliss-reactive ketones (excluding diaryl/α,β-unsaturated/α-hetero) is 1. The van der Waals surface area contributed by atoms with Gasteiger partial charge in [0, 0.05) is 33.8 Å². The van der Waals surface area contributed by atoms with Crippen LogP contribution in [0.25, 0.3) is 0 Å². The SMILES string of the molecule is C=C[C@]1(C)C[C@@H](OC(=O)CSc2cccc(NC(=O)c3ccc(B(O)O)cc3F)c2)[C@]2(C)[C@H](C)CC[C@]3(CCC(=O)[C@H]32)[C@@H](C)[C@@H]1O. The second-order valence-corrected chi connectivity index (χ2v) is 15.0. The van der Waals surface area contributed by atoms with Gasteiger partial charge in [0.15, 0.2) is 0 Å². The number of carbonyl (C=O) groups is 3. The van der Waals surface area contributed by atoms with Crippen molar-refractivity contribution < 1.29 is 38.7 Å². The van der Waals surface area contributed by atoms with Crippen molar-refractivity contribution in [2.24, 2.45) is 34.0 Å². The first-order valence-corrected chi connectivity index (χ1v) is 16.9. The van der Waals surface area contributed by atoms with E-state index in [-0.39, 0.29) is 45.7 Å². The number of hydrogen-bond acceptors (Lipinski definition) is 8. The molecule has 3 fully saturated rings. The summed E-state index contributed by atoms with van der Waals surface area (Å²) >= 11 is 1.23. The Bertz CT molecular complexity index is 1540. The molecule has 8 atom stereocenters. The number of benzene rings is 2. The molecule has 0 radical (unpaired) electrons. The summed E-state index contributed by atoms with van der Waals surface area (Å²) in [6, 6.07) is 10.1. The number of carbonyl (C=O) groups excluding carboxylic acids is 3. The number of aliphatic hydroxyl groups excluding tert-OH is 1. The molecule has 8 nitrogen and oxygen atoms in total. The fourth-order valence-electron chi connectivity index (χ4n) is 8.57. The third-order valence-electron chi connectivity index (χ3n) is 11.6. The van der Waals surface area contributed by atoms with E-state index in [0.29, 0.717) is 23.4 Å². The van der Waals surface area contributed by atoms with Crippen molar-refractivity contribution >= 4 is 47.7 Å². The van der Waals surface area contributed by atoms with Crippen molar-refractivity contribution in [1.82, 2.24) is 0 Å². The smallest absolute Gasteiger partial charge is 0.461 e. The zero-order chi connectivity index (χ0) is 33.6. The number of thioether (sulfide) groups is 1. The number of ketones is 1. The van der Waals surface area contributed by atoms with Gasteiger partial charge < -0.3 is 25.2 Å². The predicted octanol–water partition coefficient (Wildman–Crippen LogP) is 4.76. The Morgan fingerprint density at radius 2 is 1.91 bits per heavy atom. The largest absolute Gasteiger partial charge is 0.488 e. The zero-order valence-corrected chi connectivity index (χ0v) is 27.6. The van der Waals surface area contributed by atoms with E-state index in [0.717, 1.165) is 25.3 Å². The lowest BCUT2D eigenvalue weighted by Crippen LogP contribution is -2.63. The molecule has 4 N–H and O–H groups in total. The van der Waals surface area contributed by atoms with Gasteiger partial charge in [0.25, 0.3) is 5.91 Å². The van der Waals surface area contributed by atoms with Crippen LogP contribution in [0.4, 0.5) is 10.1 Å². The second kappa shape index (κ2) is 12.9. The van der Waals surface area contributed by atoms with Crippen LogP contribution in [-0.4, -0.2) is 57.9 Å². The quantitative estimate of drug-likeness (QED) is 0.139. The molecule has 2 bridgehead atoms. The van der Waals surface area contributed by atoms with E-state index in [2.05, 4.69) is 32.7 Å². The average Bonchev–Trinajstić information content (AvgIpc) is 3.38. The third-order valence-corrected chi connectivity index (χ3v) is 12.5. The average molecular weight is 652 g/mol. The van der Waals surface area contributed by atoms with Crippen LogP contribution in [-0.2, 0) is 14.3 Å². The van der Waals surface area contributed by atoms with Gasteiger partial charge in [0.1, 0.15) is 17.7 Å². The van der Waals surface area contributed by atoms with E-state index in [1.54, 1.807) is 30.3 Å². The number of nitrogens with one attached hydrogen (secondary N) is 1. The number of rotatable bonds is 8. The highest BCUT2D eigenvalue weighted by Crippen LogP contribution is 2.68. The van der Waals surface area contributed by atoms with Gasteiger partial charge >= 0.3 is 13.1 Å². The van der Waals surface area contributed by atoms with Crippen molar-refractivity contribution in [3.8, 4) is 0 Å². The van der Waals surface area contributed by atoms with Crippen LogP contribution in [0.1, 0.15) is 70.2 Å². The van der Waals surface area contributed by atoms with Crippen LogP contribution in [0, 0.1) is 39.8 Å². The summed E-state index contributed by atoms with van der Waals surface area (Å²) in [4.78, 5) is 40.5. The lowest BCUT2D eigenvalue weighted by molar-refractivity contribution is -0.205. The molecule has 11 heteroatoms. The molecule has 2 aromatic rings. The first-order valence-electron chi connectivity index (χ1n) is 15.9. The predicted molar refractivity (Wildman–Crippen MR) is 176 cm³/mol. The highest BCUT2D eigenvalue weighted by molar-refractivity contribution is 8.00. The van der Waals surface area contributed by atoms with Gasteiger partial charge in [-0.05, 0) is 78.7 Å². The molecule has 0 aliphatic heterocycles. The maximum atomic E-state index is 14.4. The van der Waals surface area contributed by atoms with Crippen LogP contribution in [0.2, 0.25) is 0 Å². The molecular weight excluding hydrogens is 608 g/mol. The Balaban J connectivity index is 1.32. The van der Waals surface area contributed by atoms with Gasteiger partial charge in [-0.2, -0.15) is 0 Å². The molecule has 0 spiro atoms. The minimum atomic E-state index is -1.85. The van der Waals surface area contributed by atoms with Crippen molar-refractivity contribution in [3.05, 3.63) is 66.5 Å². The number of aliphatic hydroxyl groups is 1. The summed E-state index contributed by atoms with van der Waals surface area (Å²) in [5.74, 6) is -2.15. The molecule has 0 heterocycles. The molecular formula is C35H43BFNO7S. The number of anilines is 1. The summed E-state index contributed by atoms with van der Waals surface area (Å²) < 4.78 is 20.8. The summed E-state index contributed by atoms with van der Waals surface area (Å²) in [6.45, 7) is 12.3. The molecule has 0 aromatic heterocycles. The standard InChI is InChI=1S/C35H43BFNO7S/c1-6-33(4)18-28(34(5)20(2)12-14-35(21(3)31(33)41)15-13-27(39)30(34)35)45-29(40)19-46-24-9-7-8-23(17-24)38-32(42)25-11-10-22(36(43)44)16-26(25)37/h6-11,16-17,20-21,28,30-31,41,43-44H,1,12-15,18-19H2,2-5H3,(H,38,42)/t20-,21+,28-,30+,31+,33-,34+,35+/m1/s1. The fourth-order valence-corrected chi connectivity index (χ4v) is 9.31. The van der Waals surface area contributed by atoms with Gasteiger partial charge in [-0.25, -0.2) is 4.39 Å². The molecule has 246 valence electrons. The van der Waals surface area contributed by atoms with E-state index in [1.807, 2.05) is 6.92 Å². The summed E-state index contributed by atoms with van der Waals surface area (Å²) in [5, 5.41) is 32.8. The number of ether oxygens (including phenoxy) is 1. The van der Waals surface area contributed by atoms with Gasteiger partial charge in [-0.15, -0.1) is 18.3 Å². The van der Waals surface area contributed by atoms with E-state index >= 15 is 0 Å². The first kappa shape index (κ1) is 34.4. The molecule has 1 amide bonds. The number of esters is 1. The maximum Gasteiger partial charge on any atom is 0.488 e. The Morgan fingerprint density at radius 1 is 1.17 bits per heavy atom. The summed E-state index contributed by atoms with van der Waals surface area (Å²) in [5.41, 5.74) is -1.61. The van der Waals surface area contributed by atoms with Crippen LogP contribution >= 0.6 is 11.8 Å². The fraction of sp³-hybridized carbons (Fsp3) is 0.514. The topological polar surface area (TPSA) is 133 Å². The summed E-state index contributed by atoms with van der Waals surface area (Å²) in [7, 11) is -1.85. The van der Waals surface area contributed by atoms with Crippen molar-refractivity contribution in [3.63, 3.8) is 0 Å². The number of amides is 1. The summed E-state index contributed by atoms with van der Waals surface area (Å²) in [6.07, 6.45) is 3.75. The molecule has 2 aromatic carbocycles. The molecule has 0 saturated heterocycles. The highest BCUT2D eigenvalue weighted by Gasteiger charge is 2.68. The molecule has 0 unspecified atom stereocenters. The van der Waals surface area contributed by atoms with E-state index < -0.39 is 47.9 Å². The second-order valence-electron chi connectivity index (χ2n) is 13.9. The van der Waals surface area contributed by atoms with Crippen LogP contribution in [0.5, 0.6) is 0 Å². The van der Waals surface area contributed by atoms with Gasteiger partial charge in [-0.1, -0.05) is 45.9 Å². The highest BCUT2D eigenvalue weighted by atomic mass is 32.2. The minimum Gasteiger partial charge on any atom is -0.461 e. The normalized spacial score (nSPS) is 33.7. The Morgan fingerprint density at radius 3 is 2.59 bits per heavy atom. The van der Waals surface area contributed by atoms with Crippen LogP contribution in [0.15, 0.2) is 60.0 Å². The Kier molecular flexibility index (Phi) is 9.63. The Hall–Kier alpha value is -2.99. The minimum absolute atomic E-state index is 0.0224. The number of hydrogen-bond donors (Lipinski definition) is 4. The van der Waals surface area contributed by atoms with Gasteiger partial charge in [0.05, 0.1) is 17.4 Å². The van der Waals surface area contributed by atoms with Crippen molar-refractivity contribution in [1.29, 1.82) is 0 Å². The van der Waals surface area contributed by atoms with Gasteiger partial charge in [-0.3, -0.25) is 14.4 Å². The maximum absolute atomic E-state index is 14.4. The van der Waals surface area contributed by atoms with E-state index in [1.165, 1.54) is 23.9 Å². The van der Waals surface area contributed by atoms with Crippen LogP contribution in [0.3, 0.4) is 0 Å². The Labute approximate surface area is 274 Å².